The van der Waals surface area contributed by atoms with E-state index in [1.165, 1.54) is 0 Å². The van der Waals surface area contributed by atoms with Crippen LogP contribution in [0.1, 0.15) is 16.7 Å². The number of nitrogens with one attached hydrogen (secondary N) is 2. The van der Waals surface area contributed by atoms with Crippen LogP contribution in [0.15, 0.2) is 96.1 Å². The molecule has 3 aromatic carbocycles. The summed E-state index contributed by atoms with van der Waals surface area (Å²) in [5, 5.41) is 9.27. The Balaban J connectivity index is 1.86. The van der Waals surface area contributed by atoms with Crippen molar-refractivity contribution in [2.24, 2.45) is 5.10 Å². The highest BCUT2D eigenvalue weighted by molar-refractivity contribution is 7.80. The standard InChI is InChI=1S/C23H18ClN3S/c24-20-14-11-17(12-15-20)13-16-21-23(25-22(28)27-26-21,18-7-3-1-4-8-18)19-9-5-2-6-10-19/h1-16H,(H2,25,27,28)/b16-13+. The van der Waals surface area contributed by atoms with Gasteiger partial charge in [0.1, 0.15) is 5.54 Å². The van der Waals surface area contributed by atoms with Crippen LogP contribution in [0.3, 0.4) is 0 Å². The van der Waals surface area contributed by atoms with E-state index in [-0.39, 0.29) is 0 Å². The van der Waals surface area contributed by atoms with Gasteiger partial charge in [-0.05, 0) is 47.1 Å². The number of thiocarbonyl (C=S) groups is 1. The van der Waals surface area contributed by atoms with Gasteiger partial charge in [0.2, 0.25) is 0 Å². The quantitative estimate of drug-likeness (QED) is 0.593. The number of hydrazone groups is 1. The van der Waals surface area contributed by atoms with Crippen LogP contribution in [0, 0.1) is 0 Å². The minimum absolute atomic E-state index is 0.483. The van der Waals surface area contributed by atoms with Crippen molar-refractivity contribution < 1.29 is 0 Å². The first-order valence-corrected chi connectivity index (χ1v) is 9.68. The molecule has 1 aliphatic heterocycles. The largest absolute Gasteiger partial charge is 0.342 e. The molecule has 0 fully saturated rings. The van der Waals surface area contributed by atoms with Gasteiger partial charge in [-0.15, -0.1) is 0 Å². The Hall–Kier alpha value is -2.95. The average molecular weight is 404 g/mol. The Bertz CT molecular complexity index is 989. The number of hydrogen-bond acceptors (Lipinski definition) is 2. The average Bonchev–Trinajstić information content (AvgIpc) is 2.75. The van der Waals surface area contributed by atoms with Crippen LogP contribution in [-0.4, -0.2) is 10.8 Å². The van der Waals surface area contributed by atoms with E-state index in [2.05, 4.69) is 40.1 Å². The highest BCUT2D eigenvalue weighted by atomic mass is 35.5. The van der Waals surface area contributed by atoms with Crippen molar-refractivity contribution in [1.82, 2.24) is 10.7 Å². The second-order valence-electron chi connectivity index (χ2n) is 6.43. The molecule has 3 aromatic rings. The van der Waals surface area contributed by atoms with Crippen LogP contribution < -0.4 is 10.7 Å². The lowest BCUT2D eigenvalue weighted by atomic mass is 9.78. The van der Waals surface area contributed by atoms with Crippen molar-refractivity contribution >= 4 is 40.7 Å². The maximum absolute atomic E-state index is 6.00. The fourth-order valence-electron chi connectivity index (χ4n) is 3.35. The van der Waals surface area contributed by atoms with Crippen molar-refractivity contribution in [1.29, 1.82) is 0 Å². The van der Waals surface area contributed by atoms with E-state index in [4.69, 9.17) is 23.8 Å². The number of rotatable bonds is 4. The molecule has 2 N–H and O–H groups in total. The Morgan fingerprint density at radius 1 is 0.786 bits per heavy atom. The molecule has 0 spiro atoms. The molecule has 4 rings (SSSR count). The van der Waals surface area contributed by atoms with E-state index in [0.717, 1.165) is 22.4 Å². The molecule has 0 unspecified atom stereocenters. The third kappa shape index (κ3) is 3.57. The van der Waals surface area contributed by atoms with E-state index < -0.39 is 5.54 Å². The van der Waals surface area contributed by atoms with E-state index in [9.17, 15) is 0 Å². The summed E-state index contributed by atoms with van der Waals surface area (Å²) in [6, 6.07) is 28.1. The van der Waals surface area contributed by atoms with Crippen molar-refractivity contribution in [3.8, 4) is 0 Å². The first-order valence-electron chi connectivity index (χ1n) is 8.89. The summed E-state index contributed by atoms with van der Waals surface area (Å²) < 4.78 is 0. The third-order valence-corrected chi connectivity index (χ3v) is 5.13. The van der Waals surface area contributed by atoms with Crippen LogP contribution >= 0.6 is 23.8 Å². The van der Waals surface area contributed by atoms with Crippen LogP contribution in [0.25, 0.3) is 6.08 Å². The van der Waals surface area contributed by atoms with Gasteiger partial charge in [0.05, 0.1) is 5.71 Å². The lowest BCUT2D eigenvalue weighted by Gasteiger charge is -2.39. The van der Waals surface area contributed by atoms with Crippen molar-refractivity contribution in [2.45, 2.75) is 5.54 Å². The maximum Gasteiger partial charge on any atom is 0.188 e. The van der Waals surface area contributed by atoms with Gasteiger partial charge in [-0.25, -0.2) is 0 Å². The van der Waals surface area contributed by atoms with Crippen molar-refractivity contribution in [3.63, 3.8) is 0 Å². The molecule has 0 saturated heterocycles. The van der Waals surface area contributed by atoms with Gasteiger partial charge in [0.25, 0.3) is 0 Å². The van der Waals surface area contributed by atoms with E-state index in [0.29, 0.717) is 10.1 Å². The minimum Gasteiger partial charge on any atom is -0.342 e. The Labute approximate surface area is 174 Å². The van der Waals surface area contributed by atoms with Gasteiger partial charge in [-0.2, -0.15) is 5.10 Å². The van der Waals surface area contributed by atoms with Crippen LogP contribution in [0.2, 0.25) is 5.02 Å². The second-order valence-corrected chi connectivity index (χ2v) is 7.27. The molecule has 0 aliphatic carbocycles. The van der Waals surface area contributed by atoms with Gasteiger partial charge < -0.3 is 5.32 Å². The molecule has 1 heterocycles. The summed E-state index contributed by atoms with van der Waals surface area (Å²) in [7, 11) is 0. The fraction of sp³-hybridized carbons (Fsp3) is 0.0435. The lowest BCUT2D eigenvalue weighted by Crippen LogP contribution is -2.58. The molecule has 0 saturated carbocycles. The van der Waals surface area contributed by atoms with Crippen LogP contribution in [-0.2, 0) is 5.54 Å². The van der Waals surface area contributed by atoms with Crippen LogP contribution in [0.5, 0.6) is 0 Å². The number of hydrogen-bond donors (Lipinski definition) is 2. The first-order chi connectivity index (χ1) is 13.7. The normalized spacial score (nSPS) is 15.6. The fourth-order valence-corrected chi connectivity index (χ4v) is 3.68. The highest BCUT2D eigenvalue weighted by Crippen LogP contribution is 2.33. The molecule has 28 heavy (non-hydrogen) atoms. The summed E-state index contributed by atoms with van der Waals surface area (Å²) in [5.41, 5.74) is 6.19. The van der Waals surface area contributed by atoms with Crippen molar-refractivity contribution in [2.75, 3.05) is 0 Å². The molecule has 1 aliphatic rings. The Kier molecular flexibility index (Phi) is 5.24. The van der Waals surface area contributed by atoms with Gasteiger partial charge in [0, 0.05) is 5.02 Å². The number of nitrogens with zero attached hydrogens (tertiary/aromatic N) is 1. The molecular weight excluding hydrogens is 386 g/mol. The van der Waals surface area contributed by atoms with E-state index >= 15 is 0 Å². The molecule has 5 heteroatoms. The Morgan fingerprint density at radius 2 is 1.36 bits per heavy atom. The molecule has 3 nitrogen and oxygen atoms in total. The number of halogens is 1. The second kappa shape index (κ2) is 7.97. The molecular formula is C23H18ClN3S. The number of benzene rings is 3. The summed E-state index contributed by atoms with van der Waals surface area (Å²) in [6.45, 7) is 0. The zero-order chi connectivity index (χ0) is 19.4. The topological polar surface area (TPSA) is 36.4 Å². The lowest BCUT2D eigenvalue weighted by molar-refractivity contribution is 0.607. The monoisotopic (exact) mass is 403 g/mol. The minimum atomic E-state index is -0.687. The predicted octanol–water partition coefficient (Wildman–Crippen LogP) is 5.13. The zero-order valence-electron chi connectivity index (χ0n) is 15.0. The Morgan fingerprint density at radius 3 is 1.93 bits per heavy atom. The van der Waals surface area contributed by atoms with Crippen LogP contribution in [0.4, 0.5) is 0 Å². The smallest absolute Gasteiger partial charge is 0.188 e. The van der Waals surface area contributed by atoms with Gasteiger partial charge in [-0.3, -0.25) is 5.43 Å². The summed E-state index contributed by atoms with van der Waals surface area (Å²) in [4.78, 5) is 0. The molecule has 138 valence electrons. The molecule has 0 aromatic heterocycles. The van der Waals surface area contributed by atoms with Gasteiger partial charge in [0.15, 0.2) is 5.11 Å². The predicted molar refractivity (Wildman–Crippen MR) is 120 cm³/mol. The van der Waals surface area contributed by atoms with Crippen molar-refractivity contribution in [3.05, 3.63) is 113 Å². The summed E-state index contributed by atoms with van der Waals surface area (Å²) in [5.74, 6) is 0. The molecule has 0 bridgehead atoms. The first kappa shape index (κ1) is 18.4. The highest BCUT2D eigenvalue weighted by Gasteiger charge is 2.41. The van der Waals surface area contributed by atoms with Gasteiger partial charge in [-0.1, -0.05) is 90.5 Å². The SMILES string of the molecule is S=C1NN=C(/C=C/c2ccc(Cl)cc2)C(c2ccccc2)(c2ccccc2)N1. The zero-order valence-corrected chi connectivity index (χ0v) is 16.5. The molecule has 0 radical (unpaired) electrons. The molecule has 0 atom stereocenters. The maximum atomic E-state index is 6.00. The van der Waals surface area contributed by atoms with E-state index in [1.807, 2.05) is 72.8 Å². The summed E-state index contributed by atoms with van der Waals surface area (Å²) in [6.07, 6.45) is 4.03. The summed E-state index contributed by atoms with van der Waals surface area (Å²) >= 11 is 11.4. The molecule has 0 amide bonds. The van der Waals surface area contributed by atoms with Gasteiger partial charge >= 0.3 is 0 Å². The van der Waals surface area contributed by atoms with E-state index in [1.54, 1.807) is 0 Å². The third-order valence-electron chi connectivity index (χ3n) is 4.68.